The maximum atomic E-state index is 12.5. The highest BCUT2D eigenvalue weighted by atomic mass is 16.1. The largest absolute Gasteiger partial charge is 0.352 e. The second-order valence-electron chi connectivity index (χ2n) is 7.09. The smallest absolute Gasteiger partial charge is 0.223 e. The summed E-state index contributed by atoms with van der Waals surface area (Å²) < 4.78 is 3.64. The van der Waals surface area contributed by atoms with Gasteiger partial charge in [-0.1, -0.05) is 6.07 Å². The van der Waals surface area contributed by atoms with Gasteiger partial charge in [-0.3, -0.25) is 9.69 Å². The summed E-state index contributed by atoms with van der Waals surface area (Å²) in [4.78, 5) is 27.5. The predicted molar refractivity (Wildman–Crippen MR) is 102 cm³/mol. The zero-order chi connectivity index (χ0) is 19.3. The first-order chi connectivity index (χ1) is 13.7. The van der Waals surface area contributed by atoms with E-state index in [9.17, 15) is 4.79 Å². The molecule has 1 N–H and O–H groups in total. The fourth-order valence-corrected chi connectivity index (χ4v) is 3.42. The Hall–Kier alpha value is -3.07. The molecule has 0 unspecified atom stereocenters. The van der Waals surface area contributed by atoms with Gasteiger partial charge in [0.15, 0.2) is 5.82 Å². The van der Waals surface area contributed by atoms with Gasteiger partial charge in [0.25, 0.3) is 0 Å². The number of likely N-dealkylation sites (tertiary alicyclic amines) is 1. The van der Waals surface area contributed by atoms with Crippen LogP contribution in [-0.2, 0) is 24.9 Å². The van der Waals surface area contributed by atoms with E-state index in [2.05, 4.69) is 30.3 Å². The van der Waals surface area contributed by atoms with Crippen LogP contribution in [0.15, 0.2) is 43.4 Å². The minimum Gasteiger partial charge on any atom is -0.352 e. The first-order valence-corrected chi connectivity index (χ1v) is 9.45. The minimum absolute atomic E-state index is 0.0694. The first-order valence-electron chi connectivity index (χ1n) is 9.45. The molecular formula is C19H24N8O. The molecule has 0 spiro atoms. The van der Waals surface area contributed by atoms with Crippen molar-refractivity contribution >= 4 is 5.91 Å². The first kappa shape index (κ1) is 18.3. The lowest BCUT2D eigenvalue weighted by Crippen LogP contribution is -2.40. The third kappa shape index (κ3) is 4.25. The van der Waals surface area contributed by atoms with Crippen LogP contribution >= 0.6 is 0 Å². The number of carbonyl (C=O) groups excluding carboxylic acids is 1. The van der Waals surface area contributed by atoms with Crippen LogP contribution in [0.3, 0.4) is 0 Å². The molecule has 4 rings (SSSR count). The molecule has 1 fully saturated rings. The molecule has 0 saturated carbocycles. The molecule has 0 bridgehead atoms. The molecule has 0 aliphatic carbocycles. The molecule has 1 aliphatic rings. The summed E-state index contributed by atoms with van der Waals surface area (Å²) in [6.45, 7) is 3.15. The lowest BCUT2D eigenvalue weighted by atomic mass is 9.96. The molecular weight excluding hydrogens is 356 g/mol. The van der Waals surface area contributed by atoms with Crippen molar-refractivity contribution in [3.63, 3.8) is 0 Å². The van der Waals surface area contributed by atoms with Crippen LogP contribution in [0.5, 0.6) is 0 Å². The van der Waals surface area contributed by atoms with Crippen molar-refractivity contribution in [1.82, 2.24) is 39.5 Å². The molecule has 0 aromatic carbocycles. The number of amides is 1. The Bertz CT molecular complexity index is 894. The number of nitrogens with zero attached hydrogens (tertiary/aromatic N) is 7. The molecule has 0 atom stereocenters. The van der Waals surface area contributed by atoms with Crippen LogP contribution < -0.4 is 5.32 Å². The predicted octanol–water partition coefficient (Wildman–Crippen LogP) is 0.924. The quantitative estimate of drug-likeness (QED) is 0.684. The Morgan fingerprint density at radius 3 is 2.75 bits per heavy atom. The summed E-state index contributed by atoms with van der Waals surface area (Å²) in [7, 11) is 2.01. The molecule has 9 heteroatoms. The normalized spacial score (nSPS) is 15.6. The van der Waals surface area contributed by atoms with E-state index in [0.29, 0.717) is 12.4 Å². The number of rotatable bonds is 6. The molecule has 1 aliphatic heterocycles. The molecule has 1 amide bonds. The van der Waals surface area contributed by atoms with Crippen LogP contribution in [0.1, 0.15) is 24.2 Å². The van der Waals surface area contributed by atoms with Crippen molar-refractivity contribution < 1.29 is 4.79 Å². The lowest BCUT2D eigenvalue weighted by molar-refractivity contribution is -0.126. The number of piperidine rings is 1. The molecule has 3 aromatic heterocycles. The number of carbonyl (C=O) groups is 1. The van der Waals surface area contributed by atoms with Crippen molar-refractivity contribution in [2.75, 3.05) is 13.1 Å². The summed E-state index contributed by atoms with van der Waals surface area (Å²) >= 11 is 0. The van der Waals surface area contributed by atoms with Gasteiger partial charge in [0.1, 0.15) is 18.5 Å². The summed E-state index contributed by atoms with van der Waals surface area (Å²) in [5.74, 6) is 1.95. The fourth-order valence-electron chi connectivity index (χ4n) is 3.42. The highest BCUT2D eigenvalue weighted by Crippen LogP contribution is 2.19. The Labute approximate surface area is 163 Å². The number of pyridine rings is 1. The van der Waals surface area contributed by atoms with E-state index in [1.807, 2.05) is 36.1 Å². The van der Waals surface area contributed by atoms with Crippen molar-refractivity contribution in [3.8, 4) is 5.82 Å². The zero-order valence-electron chi connectivity index (χ0n) is 15.9. The van der Waals surface area contributed by atoms with Gasteiger partial charge in [-0.15, -0.1) is 0 Å². The van der Waals surface area contributed by atoms with E-state index in [4.69, 9.17) is 0 Å². The van der Waals surface area contributed by atoms with Gasteiger partial charge in [-0.05, 0) is 37.6 Å². The number of hydrogen-bond donors (Lipinski definition) is 1. The Balaban J connectivity index is 1.23. The third-order valence-corrected chi connectivity index (χ3v) is 5.17. The van der Waals surface area contributed by atoms with Gasteiger partial charge in [-0.25, -0.2) is 19.6 Å². The summed E-state index contributed by atoms with van der Waals surface area (Å²) in [5.41, 5.74) is 0.962. The van der Waals surface area contributed by atoms with Crippen molar-refractivity contribution in [2.45, 2.75) is 25.9 Å². The van der Waals surface area contributed by atoms with E-state index in [1.54, 1.807) is 17.2 Å². The average Bonchev–Trinajstić information content (AvgIpc) is 3.40. The highest BCUT2D eigenvalue weighted by molar-refractivity contribution is 5.78. The second-order valence-corrected chi connectivity index (χ2v) is 7.09. The maximum absolute atomic E-state index is 12.5. The Morgan fingerprint density at radius 1 is 1.25 bits per heavy atom. The average molecular weight is 380 g/mol. The van der Waals surface area contributed by atoms with Crippen LogP contribution in [0.4, 0.5) is 0 Å². The molecule has 0 radical (unpaired) electrons. The Morgan fingerprint density at radius 2 is 2.11 bits per heavy atom. The molecule has 3 aromatic rings. The monoisotopic (exact) mass is 380 g/mol. The van der Waals surface area contributed by atoms with E-state index < -0.39 is 0 Å². The summed E-state index contributed by atoms with van der Waals surface area (Å²) in [6, 6.07) is 3.81. The van der Waals surface area contributed by atoms with E-state index in [-0.39, 0.29) is 11.8 Å². The van der Waals surface area contributed by atoms with Gasteiger partial charge in [-0.2, -0.15) is 5.10 Å². The van der Waals surface area contributed by atoms with Gasteiger partial charge in [0.2, 0.25) is 5.91 Å². The van der Waals surface area contributed by atoms with Crippen LogP contribution in [0, 0.1) is 5.92 Å². The third-order valence-electron chi connectivity index (χ3n) is 5.17. The van der Waals surface area contributed by atoms with Crippen LogP contribution in [-0.4, -0.2) is 53.2 Å². The zero-order valence-corrected chi connectivity index (χ0v) is 15.9. The molecule has 4 heterocycles. The molecule has 28 heavy (non-hydrogen) atoms. The standard InChI is InChI=1S/C19H24N8O/c1-25-9-6-21-18(25)12-26-7-4-16(5-8-26)19(28)23-11-15-2-3-17(22-10-15)27-14-20-13-24-27/h2-3,6,9-10,13-14,16H,4-5,7-8,11-12H2,1H3,(H,23,28). The summed E-state index contributed by atoms with van der Waals surface area (Å²) in [6.07, 6.45) is 10.4. The maximum Gasteiger partial charge on any atom is 0.223 e. The minimum atomic E-state index is 0.0694. The summed E-state index contributed by atoms with van der Waals surface area (Å²) in [5, 5.41) is 7.09. The lowest BCUT2D eigenvalue weighted by Gasteiger charge is -2.30. The van der Waals surface area contributed by atoms with Gasteiger partial charge in [0.05, 0.1) is 6.54 Å². The van der Waals surface area contributed by atoms with Gasteiger partial charge >= 0.3 is 0 Å². The van der Waals surface area contributed by atoms with Crippen LogP contribution in [0.2, 0.25) is 0 Å². The molecule has 9 nitrogen and oxygen atoms in total. The van der Waals surface area contributed by atoms with E-state index in [0.717, 1.165) is 43.9 Å². The van der Waals surface area contributed by atoms with E-state index in [1.165, 1.54) is 6.33 Å². The number of imidazole rings is 1. The van der Waals surface area contributed by atoms with E-state index >= 15 is 0 Å². The number of nitrogens with one attached hydrogen (secondary N) is 1. The highest BCUT2D eigenvalue weighted by Gasteiger charge is 2.25. The van der Waals surface area contributed by atoms with Crippen molar-refractivity contribution in [3.05, 3.63) is 54.8 Å². The SMILES string of the molecule is Cn1ccnc1CN1CCC(C(=O)NCc2ccc(-n3cncn3)nc2)CC1. The number of aryl methyl sites for hydroxylation is 1. The molecule has 1 saturated heterocycles. The number of hydrogen-bond acceptors (Lipinski definition) is 6. The van der Waals surface area contributed by atoms with Crippen molar-refractivity contribution in [1.29, 1.82) is 0 Å². The molecule has 146 valence electrons. The second kappa shape index (κ2) is 8.30. The van der Waals surface area contributed by atoms with Gasteiger partial charge < -0.3 is 9.88 Å². The Kier molecular flexibility index (Phi) is 5.43. The van der Waals surface area contributed by atoms with Crippen molar-refractivity contribution in [2.24, 2.45) is 13.0 Å². The van der Waals surface area contributed by atoms with Crippen LogP contribution in [0.25, 0.3) is 5.82 Å². The fraction of sp³-hybridized carbons (Fsp3) is 0.421. The van der Waals surface area contributed by atoms with Gasteiger partial charge in [0, 0.05) is 38.1 Å². The number of aromatic nitrogens is 6. The topological polar surface area (TPSA) is 93.8 Å².